The van der Waals surface area contributed by atoms with E-state index < -0.39 is 0 Å². The molecule has 4 heteroatoms. The minimum absolute atomic E-state index is 0.0857. The number of benzene rings is 1. The Morgan fingerprint density at radius 2 is 2.05 bits per heavy atom. The van der Waals surface area contributed by atoms with Gasteiger partial charge in [0.2, 0.25) is 0 Å². The van der Waals surface area contributed by atoms with E-state index in [0.29, 0.717) is 19.5 Å². The first kappa shape index (κ1) is 14.3. The first-order valence-corrected chi connectivity index (χ1v) is 8.15. The van der Waals surface area contributed by atoms with Crippen molar-refractivity contribution in [3.63, 3.8) is 0 Å². The van der Waals surface area contributed by atoms with Crippen LogP contribution in [0.5, 0.6) is 0 Å². The molecule has 2 aromatic rings. The lowest BCUT2D eigenvalue weighted by Gasteiger charge is -2.34. The Hall–Kier alpha value is -1.65. The fourth-order valence-electron chi connectivity index (χ4n) is 2.78. The lowest BCUT2D eigenvalue weighted by atomic mass is 9.96. The quantitative estimate of drug-likeness (QED) is 0.925. The van der Waals surface area contributed by atoms with Gasteiger partial charge in [-0.1, -0.05) is 37.3 Å². The number of aliphatic hydroxyl groups is 1. The molecule has 3 rings (SSSR count). The molecule has 0 saturated carbocycles. The molecule has 0 aliphatic carbocycles. The summed E-state index contributed by atoms with van der Waals surface area (Å²) in [5, 5.41) is 11.8. The second-order valence-electron chi connectivity index (χ2n) is 5.61. The van der Waals surface area contributed by atoms with Crippen molar-refractivity contribution in [2.24, 2.45) is 5.92 Å². The summed E-state index contributed by atoms with van der Waals surface area (Å²) in [4.78, 5) is 15.4. The summed E-state index contributed by atoms with van der Waals surface area (Å²) in [5.41, 5.74) is 2.08. The number of hydrogen-bond acceptors (Lipinski definition) is 3. The van der Waals surface area contributed by atoms with Crippen LogP contribution in [0.15, 0.2) is 41.8 Å². The van der Waals surface area contributed by atoms with Gasteiger partial charge in [0.05, 0.1) is 11.0 Å². The lowest BCUT2D eigenvalue weighted by molar-refractivity contribution is 0.0301. The highest BCUT2D eigenvalue weighted by Crippen LogP contribution is 2.30. The highest BCUT2D eigenvalue weighted by Gasteiger charge is 2.29. The van der Waals surface area contributed by atoms with Gasteiger partial charge in [-0.15, -0.1) is 11.3 Å². The number of likely N-dealkylation sites (tertiary alicyclic amines) is 1. The molecule has 2 unspecified atom stereocenters. The van der Waals surface area contributed by atoms with E-state index >= 15 is 0 Å². The minimum atomic E-state index is -0.286. The first-order valence-electron chi connectivity index (χ1n) is 7.27. The Bertz CT molecular complexity index is 623. The second-order valence-corrected chi connectivity index (χ2v) is 6.53. The van der Waals surface area contributed by atoms with Gasteiger partial charge in [-0.05, 0) is 29.3 Å². The smallest absolute Gasteiger partial charge is 0.264 e. The molecule has 0 bridgehead atoms. The second kappa shape index (κ2) is 6.00. The summed E-state index contributed by atoms with van der Waals surface area (Å²) in [6.45, 7) is 3.26. The zero-order chi connectivity index (χ0) is 14.8. The third-order valence-corrected chi connectivity index (χ3v) is 4.99. The Morgan fingerprint density at radius 1 is 1.29 bits per heavy atom. The van der Waals surface area contributed by atoms with Crippen LogP contribution >= 0.6 is 11.3 Å². The molecule has 1 aromatic carbocycles. The van der Waals surface area contributed by atoms with Crippen LogP contribution in [0.4, 0.5) is 0 Å². The molecule has 1 saturated heterocycles. The third kappa shape index (κ3) is 2.87. The van der Waals surface area contributed by atoms with Gasteiger partial charge >= 0.3 is 0 Å². The maximum Gasteiger partial charge on any atom is 0.264 e. The van der Waals surface area contributed by atoms with Crippen molar-refractivity contribution >= 4 is 17.2 Å². The van der Waals surface area contributed by atoms with Crippen LogP contribution in [0.25, 0.3) is 11.1 Å². The summed E-state index contributed by atoms with van der Waals surface area (Å²) < 4.78 is 0. The van der Waals surface area contributed by atoms with Crippen molar-refractivity contribution in [2.75, 3.05) is 13.1 Å². The van der Waals surface area contributed by atoms with Crippen LogP contribution in [0.2, 0.25) is 0 Å². The number of aliphatic hydroxyl groups excluding tert-OH is 1. The predicted molar refractivity (Wildman–Crippen MR) is 85.4 cm³/mol. The summed E-state index contributed by atoms with van der Waals surface area (Å²) in [5.74, 6) is 0.227. The van der Waals surface area contributed by atoms with E-state index in [1.807, 2.05) is 53.6 Å². The fourth-order valence-corrected chi connectivity index (χ4v) is 3.66. The topological polar surface area (TPSA) is 40.5 Å². The molecular formula is C17H19NO2S. The Kier molecular flexibility index (Phi) is 4.08. The van der Waals surface area contributed by atoms with E-state index in [0.717, 1.165) is 16.0 Å². The number of hydrogen-bond donors (Lipinski definition) is 1. The van der Waals surface area contributed by atoms with E-state index in [4.69, 9.17) is 0 Å². The van der Waals surface area contributed by atoms with Crippen LogP contribution in [0, 0.1) is 5.92 Å². The van der Waals surface area contributed by atoms with E-state index in [9.17, 15) is 9.90 Å². The normalized spacial score (nSPS) is 22.3. The molecule has 1 amide bonds. The number of amides is 1. The molecule has 21 heavy (non-hydrogen) atoms. The van der Waals surface area contributed by atoms with Crippen LogP contribution in [-0.4, -0.2) is 35.1 Å². The number of piperidine rings is 1. The average Bonchev–Trinajstić information content (AvgIpc) is 2.99. The van der Waals surface area contributed by atoms with Gasteiger partial charge in [0.15, 0.2) is 0 Å². The number of nitrogens with zero attached hydrogens (tertiary/aromatic N) is 1. The molecule has 0 radical (unpaired) electrons. The largest absolute Gasteiger partial charge is 0.393 e. The maximum absolute atomic E-state index is 12.8. The molecular weight excluding hydrogens is 282 g/mol. The molecule has 1 aromatic heterocycles. The summed E-state index contributed by atoms with van der Waals surface area (Å²) in [6.07, 6.45) is 0.379. The van der Waals surface area contributed by atoms with Crippen LogP contribution in [-0.2, 0) is 0 Å². The highest BCUT2D eigenvalue weighted by molar-refractivity contribution is 7.12. The standard InChI is InChI=1S/C17H19NO2S/c1-12-11-18(9-7-15(12)19)17(20)16-14(8-10-21-16)13-5-3-2-4-6-13/h2-6,8,10,12,15,19H,7,9,11H2,1H3. The van der Waals surface area contributed by atoms with Crippen LogP contribution in [0.1, 0.15) is 23.0 Å². The van der Waals surface area contributed by atoms with Crippen molar-refractivity contribution in [1.29, 1.82) is 0 Å². The SMILES string of the molecule is CC1CN(C(=O)c2sccc2-c2ccccc2)CCC1O. The molecule has 2 atom stereocenters. The predicted octanol–water partition coefficient (Wildman–Crippen LogP) is 3.26. The van der Waals surface area contributed by atoms with E-state index in [1.165, 1.54) is 11.3 Å². The van der Waals surface area contributed by atoms with Gasteiger partial charge < -0.3 is 10.0 Å². The summed E-state index contributed by atoms with van der Waals surface area (Å²) in [6, 6.07) is 12.0. The average molecular weight is 301 g/mol. The molecule has 0 spiro atoms. The van der Waals surface area contributed by atoms with Crippen molar-refractivity contribution in [3.05, 3.63) is 46.7 Å². The van der Waals surface area contributed by atoms with Gasteiger partial charge in [0, 0.05) is 18.7 Å². The van der Waals surface area contributed by atoms with Gasteiger partial charge in [-0.25, -0.2) is 0 Å². The minimum Gasteiger partial charge on any atom is -0.393 e. The summed E-state index contributed by atoms with van der Waals surface area (Å²) in [7, 11) is 0. The number of carbonyl (C=O) groups is 1. The molecule has 1 N–H and O–H groups in total. The molecule has 1 fully saturated rings. The number of carbonyl (C=O) groups excluding carboxylic acids is 1. The van der Waals surface area contributed by atoms with Gasteiger partial charge in [0.25, 0.3) is 5.91 Å². The Labute approximate surface area is 128 Å². The molecule has 1 aliphatic heterocycles. The molecule has 3 nitrogen and oxygen atoms in total. The van der Waals surface area contributed by atoms with Gasteiger partial charge in [-0.3, -0.25) is 4.79 Å². The highest BCUT2D eigenvalue weighted by atomic mass is 32.1. The van der Waals surface area contributed by atoms with Crippen LogP contribution in [0.3, 0.4) is 0 Å². The zero-order valence-electron chi connectivity index (χ0n) is 12.0. The Balaban J connectivity index is 1.85. The molecule has 1 aliphatic rings. The molecule has 110 valence electrons. The fraction of sp³-hybridized carbons (Fsp3) is 0.353. The van der Waals surface area contributed by atoms with Crippen LogP contribution < -0.4 is 0 Å². The maximum atomic E-state index is 12.8. The number of rotatable bonds is 2. The van der Waals surface area contributed by atoms with Crippen molar-refractivity contribution in [1.82, 2.24) is 4.90 Å². The van der Waals surface area contributed by atoms with E-state index in [2.05, 4.69) is 0 Å². The van der Waals surface area contributed by atoms with Crippen molar-refractivity contribution in [2.45, 2.75) is 19.4 Å². The zero-order valence-corrected chi connectivity index (χ0v) is 12.8. The van der Waals surface area contributed by atoms with Gasteiger partial charge in [-0.2, -0.15) is 0 Å². The number of thiophene rings is 1. The van der Waals surface area contributed by atoms with E-state index in [1.54, 1.807) is 0 Å². The van der Waals surface area contributed by atoms with E-state index in [-0.39, 0.29) is 17.9 Å². The van der Waals surface area contributed by atoms with Gasteiger partial charge in [0.1, 0.15) is 0 Å². The lowest BCUT2D eigenvalue weighted by Crippen LogP contribution is -2.44. The van der Waals surface area contributed by atoms with Crippen molar-refractivity contribution in [3.8, 4) is 11.1 Å². The molecule has 2 heterocycles. The first-order chi connectivity index (χ1) is 10.2. The Morgan fingerprint density at radius 3 is 2.76 bits per heavy atom. The monoisotopic (exact) mass is 301 g/mol. The third-order valence-electron chi connectivity index (χ3n) is 4.09. The van der Waals surface area contributed by atoms with Crippen molar-refractivity contribution < 1.29 is 9.90 Å². The summed E-state index contributed by atoms with van der Waals surface area (Å²) >= 11 is 1.49.